The minimum absolute atomic E-state index is 0.134. The van der Waals surface area contributed by atoms with Gasteiger partial charge in [0.15, 0.2) is 6.10 Å². The number of hydrogen-bond donors (Lipinski definition) is 2. The summed E-state index contributed by atoms with van der Waals surface area (Å²) in [6, 6.07) is 15.6. The lowest BCUT2D eigenvalue weighted by Crippen LogP contribution is -2.30. The number of hydrogen-bond acceptors (Lipinski definition) is 4. The highest BCUT2D eigenvalue weighted by Crippen LogP contribution is 2.20. The monoisotopic (exact) mass is 349 g/mol. The topological polar surface area (TPSA) is 91.2 Å². The standard InChI is InChI=1S/C20H19N3O3/c1-13(26-18-9-5-14(12-21)6-10-18)19(24)23-17-4-2-3-15(11-17)20(25)22-16-7-8-16/h2-6,9-11,13,16H,7-8H2,1H3,(H,22,25)(H,23,24). The first-order valence-electron chi connectivity index (χ1n) is 8.44. The molecule has 0 saturated heterocycles. The highest BCUT2D eigenvalue weighted by Gasteiger charge is 2.24. The highest BCUT2D eigenvalue weighted by molar-refractivity contribution is 5.98. The molecule has 6 heteroatoms. The fourth-order valence-corrected chi connectivity index (χ4v) is 2.34. The van der Waals surface area contributed by atoms with Crippen LogP contribution in [0.25, 0.3) is 0 Å². The summed E-state index contributed by atoms with van der Waals surface area (Å²) in [5.41, 5.74) is 1.57. The van der Waals surface area contributed by atoms with Crippen LogP contribution in [0.5, 0.6) is 5.75 Å². The molecule has 132 valence electrons. The van der Waals surface area contributed by atoms with Crippen LogP contribution in [0.3, 0.4) is 0 Å². The van der Waals surface area contributed by atoms with E-state index in [4.69, 9.17) is 10.00 Å². The van der Waals surface area contributed by atoms with Gasteiger partial charge in [0.2, 0.25) is 0 Å². The third-order valence-electron chi connectivity index (χ3n) is 3.97. The van der Waals surface area contributed by atoms with Crippen molar-refractivity contribution < 1.29 is 14.3 Å². The molecule has 2 aromatic carbocycles. The fraction of sp³-hybridized carbons (Fsp3) is 0.250. The van der Waals surface area contributed by atoms with Gasteiger partial charge in [0.1, 0.15) is 5.75 Å². The zero-order chi connectivity index (χ0) is 18.5. The summed E-state index contributed by atoms with van der Waals surface area (Å²) in [7, 11) is 0. The van der Waals surface area contributed by atoms with Crippen LogP contribution in [0.4, 0.5) is 5.69 Å². The number of ether oxygens (including phenoxy) is 1. The Balaban J connectivity index is 1.59. The van der Waals surface area contributed by atoms with E-state index >= 15 is 0 Å². The quantitative estimate of drug-likeness (QED) is 0.839. The lowest BCUT2D eigenvalue weighted by Gasteiger charge is -2.15. The third-order valence-corrected chi connectivity index (χ3v) is 3.97. The third kappa shape index (κ3) is 4.61. The molecule has 0 heterocycles. The van der Waals surface area contributed by atoms with Crippen molar-refractivity contribution in [2.24, 2.45) is 0 Å². The molecule has 1 unspecified atom stereocenters. The number of carbonyl (C=O) groups excluding carboxylic acids is 2. The number of nitriles is 1. The van der Waals surface area contributed by atoms with E-state index in [-0.39, 0.29) is 17.9 Å². The van der Waals surface area contributed by atoms with Gasteiger partial charge in [0, 0.05) is 17.3 Å². The SMILES string of the molecule is CC(Oc1ccc(C#N)cc1)C(=O)Nc1cccc(C(=O)NC2CC2)c1. The van der Waals surface area contributed by atoms with Crippen molar-refractivity contribution in [3.05, 3.63) is 59.7 Å². The fourth-order valence-electron chi connectivity index (χ4n) is 2.34. The van der Waals surface area contributed by atoms with Crippen LogP contribution < -0.4 is 15.4 Å². The van der Waals surface area contributed by atoms with Crippen molar-refractivity contribution in [3.8, 4) is 11.8 Å². The van der Waals surface area contributed by atoms with Gasteiger partial charge >= 0.3 is 0 Å². The van der Waals surface area contributed by atoms with Gasteiger partial charge in [0.05, 0.1) is 11.6 Å². The van der Waals surface area contributed by atoms with Crippen molar-refractivity contribution in [3.63, 3.8) is 0 Å². The molecule has 2 N–H and O–H groups in total. The molecule has 0 bridgehead atoms. The first-order chi connectivity index (χ1) is 12.5. The molecule has 1 fully saturated rings. The van der Waals surface area contributed by atoms with Gasteiger partial charge in [-0.15, -0.1) is 0 Å². The van der Waals surface area contributed by atoms with Crippen LogP contribution in [0.2, 0.25) is 0 Å². The highest BCUT2D eigenvalue weighted by atomic mass is 16.5. The lowest BCUT2D eigenvalue weighted by atomic mass is 10.2. The summed E-state index contributed by atoms with van der Waals surface area (Å²) in [4.78, 5) is 24.4. The normalized spacial score (nSPS) is 14.0. The van der Waals surface area contributed by atoms with E-state index in [9.17, 15) is 9.59 Å². The number of amides is 2. The van der Waals surface area contributed by atoms with Crippen molar-refractivity contribution in [2.45, 2.75) is 31.9 Å². The Morgan fingerprint density at radius 1 is 1.19 bits per heavy atom. The van der Waals surface area contributed by atoms with Crippen LogP contribution in [-0.2, 0) is 4.79 Å². The number of nitrogens with zero attached hydrogens (tertiary/aromatic N) is 1. The Morgan fingerprint density at radius 2 is 1.92 bits per heavy atom. The molecule has 26 heavy (non-hydrogen) atoms. The molecule has 0 aliphatic heterocycles. The summed E-state index contributed by atoms with van der Waals surface area (Å²) in [5, 5.41) is 14.5. The lowest BCUT2D eigenvalue weighted by molar-refractivity contribution is -0.122. The summed E-state index contributed by atoms with van der Waals surface area (Å²) in [5.74, 6) is 0.0452. The van der Waals surface area contributed by atoms with Crippen molar-refractivity contribution >= 4 is 17.5 Å². The maximum Gasteiger partial charge on any atom is 0.265 e. The molecule has 0 radical (unpaired) electrons. The second-order valence-corrected chi connectivity index (χ2v) is 6.21. The van der Waals surface area contributed by atoms with Crippen molar-refractivity contribution in [1.29, 1.82) is 5.26 Å². The van der Waals surface area contributed by atoms with Gasteiger partial charge in [-0.2, -0.15) is 5.26 Å². The van der Waals surface area contributed by atoms with Gasteiger partial charge in [-0.05, 0) is 62.2 Å². The van der Waals surface area contributed by atoms with Crippen molar-refractivity contribution in [2.75, 3.05) is 5.32 Å². The number of carbonyl (C=O) groups is 2. The molecule has 1 aliphatic rings. The molecule has 0 spiro atoms. The number of anilines is 1. The van der Waals surface area contributed by atoms with Gasteiger partial charge in [-0.25, -0.2) is 0 Å². The molecule has 3 rings (SSSR count). The molecule has 1 aliphatic carbocycles. The van der Waals surface area contributed by atoms with Crippen LogP contribution >= 0.6 is 0 Å². The summed E-state index contributed by atoms with van der Waals surface area (Å²) in [6.07, 6.45) is 1.31. The summed E-state index contributed by atoms with van der Waals surface area (Å²) in [6.45, 7) is 1.64. The second-order valence-electron chi connectivity index (χ2n) is 6.21. The van der Waals surface area contributed by atoms with Gasteiger partial charge < -0.3 is 15.4 Å². The Labute approximate surface area is 151 Å². The Hall–Kier alpha value is -3.33. The first-order valence-corrected chi connectivity index (χ1v) is 8.44. The largest absolute Gasteiger partial charge is 0.481 e. The van der Waals surface area contributed by atoms with E-state index in [2.05, 4.69) is 10.6 Å². The van der Waals surface area contributed by atoms with Crippen LogP contribution in [0, 0.1) is 11.3 Å². The molecule has 0 aromatic heterocycles. The molecule has 1 saturated carbocycles. The van der Waals surface area contributed by atoms with E-state index in [1.165, 1.54) is 0 Å². The van der Waals surface area contributed by atoms with E-state index in [0.29, 0.717) is 22.6 Å². The van der Waals surface area contributed by atoms with Gasteiger partial charge in [-0.1, -0.05) is 6.07 Å². The van der Waals surface area contributed by atoms with E-state index < -0.39 is 6.10 Å². The number of nitrogens with one attached hydrogen (secondary N) is 2. The van der Waals surface area contributed by atoms with Crippen molar-refractivity contribution in [1.82, 2.24) is 5.32 Å². The zero-order valence-electron chi connectivity index (χ0n) is 14.4. The Kier molecular flexibility index (Phi) is 5.18. The average Bonchev–Trinajstić information content (AvgIpc) is 3.46. The molecule has 2 aromatic rings. The maximum absolute atomic E-state index is 12.3. The molecular formula is C20H19N3O3. The minimum atomic E-state index is -0.730. The van der Waals surface area contributed by atoms with Crippen LogP contribution in [0.1, 0.15) is 35.7 Å². The Morgan fingerprint density at radius 3 is 2.58 bits per heavy atom. The molecule has 6 nitrogen and oxygen atoms in total. The Bertz CT molecular complexity index is 851. The predicted octanol–water partition coefficient (Wildman–Crippen LogP) is 2.86. The van der Waals surface area contributed by atoms with E-state index in [1.54, 1.807) is 55.5 Å². The maximum atomic E-state index is 12.3. The molecule has 1 atom stereocenters. The first kappa shape index (κ1) is 17.5. The van der Waals surface area contributed by atoms with Gasteiger partial charge in [0.25, 0.3) is 11.8 Å². The summed E-state index contributed by atoms with van der Waals surface area (Å²) >= 11 is 0. The smallest absolute Gasteiger partial charge is 0.265 e. The number of rotatable bonds is 6. The molecular weight excluding hydrogens is 330 g/mol. The van der Waals surface area contributed by atoms with E-state index in [1.807, 2.05) is 6.07 Å². The van der Waals surface area contributed by atoms with Crippen LogP contribution in [-0.4, -0.2) is 24.0 Å². The van der Waals surface area contributed by atoms with E-state index in [0.717, 1.165) is 12.8 Å². The zero-order valence-corrected chi connectivity index (χ0v) is 14.4. The average molecular weight is 349 g/mol. The minimum Gasteiger partial charge on any atom is -0.481 e. The molecule has 2 amide bonds. The number of benzene rings is 2. The van der Waals surface area contributed by atoms with Crippen LogP contribution in [0.15, 0.2) is 48.5 Å². The summed E-state index contributed by atoms with van der Waals surface area (Å²) < 4.78 is 5.59. The van der Waals surface area contributed by atoms with Gasteiger partial charge in [-0.3, -0.25) is 9.59 Å². The predicted molar refractivity (Wildman–Crippen MR) is 96.8 cm³/mol. The second kappa shape index (κ2) is 7.70.